The van der Waals surface area contributed by atoms with Gasteiger partial charge in [0.05, 0.1) is 50.1 Å². The highest BCUT2D eigenvalue weighted by atomic mass is 79.9. The third-order valence-electron chi connectivity index (χ3n) is 2.73. The predicted molar refractivity (Wildman–Crippen MR) is 80.7 cm³/mol. The quantitative estimate of drug-likeness (QED) is 0.752. The number of aromatic nitrogens is 4. The van der Waals surface area contributed by atoms with Crippen LogP contribution in [0.3, 0.4) is 0 Å². The van der Waals surface area contributed by atoms with Crippen LogP contribution in [0.15, 0.2) is 27.9 Å². The van der Waals surface area contributed by atoms with Crippen molar-refractivity contribution in [2.24, 2.45) is 0 Å². The van der Waals surface area contributed by atoms with Gasteiger partial charge in [-0.3, -0.25) is 9.48 Å². The molecule has 2 aromatic rings. The Morgan fingerprint density at radius 3 is 2.90 bits per heavy atom. The van der Waals surface area contributed by atoms with E-state index < -0.39 is 0 Å². The van der Waals surface area contributed by atoms with Crippen molar-refractivity contribution in [2.75, 3.05) is 25.6 Å². The van der Waals surface area contributed by atoms with E-state index in [0.717, 1.165) is 5.69 Å². The van der Waals surface area contributed by atoms with Crippen molar-refractivity contribution in [3.05, 3.63) is 33.4 Å². The molecule has 0 amide bonds. The molecule has 0 unspecified atom stereocenters. The van der Waals surface area contributed by atoms with E-state index in [1.165, 1.54) is 10.9 Å². The van der Waals surface area contributed by atoms with E-state index in [4.69, 9.17) is 9.84 Å². The first-order valence-electron chi connectivity index (χ1n) is 6.30. The molecule has 0 aliphatic rings. The van der Waals surface area contributed by atoms with Crippen molar-refractivity contribution in [1.29, 1.82) is 0 Å². The van der Waals surface area contributed by atoms with Gasteiger partial charge in [0.15, 0.2) is 0 Å². The van der Waals surface area contributed by atoms with E-state index in [1.54, 1.807) is 18.0 Å². The third-order valence-corrected chi connectivity index (χ3v) is 3.50. The summed E-state index contributed by atoms with van der Waals surface area (Å²) in [7, 11) is 1.63. The first-order valence-corrected chi connectivity index (χ1v) is 7.10. The summed E-state index contributed by atoms with van der Waals surface area (Å²) in [6.45, 7) is 1.24. The minimum absolute atomic E-state index is 0.140. The fourth-order valence-electron chi connectivity index (χ4n) is 1.70. The Hall–Kier alpha value is -1.71. The number of ether oxygens (including phenoxy) is 1. The molecule has 2 N–H and O–H groups in total. The highest BCUT2D eigenvalue weighted by Crippen LogP contribution is 2.21. The average molecular weight is 358 g/mol. The summed E-state index contributed by atoms with van der Waals surface area (Å²) in [5, 5.41) is 20.1. The van der Waals surface area contributed by atoms with Gasteiger partial charge in [-0.05, 0) is 15.9 Å². The van der Waals surface area contributed by atoms with Gasteiger partial charge in [-0.15, -0.1) is 0 Å². The van der Waals surface area contributed by atoms with Gasteiger partial charge in [-0.2, -0.15) is 10.2 Å². The SMILES string of the molecule is COCCn1cc(Nc2cnn(CCO)c(=O)c2Br)cn1. The summed E-state index contributed by atoms with van der Waals surface area (Å²) < 4.78 is 8.27. The molecule has 0 spiro atoms. The fraction of sp³-hybridized carbons (Fsp3) is 0.417. The largest absolute Gasteiger partial charge is 0.394 e. The van der Waals surface area contributed by atoms with Crippen LogP contribution in [0.2, 0.25) is 0 Å². The molecule has 0 radical (unpaired) electrons. The van der Waals surface area contributed by atoms with E-state index in [-0.39, 0.29) is 18.7 Å². The number of aliphatic hydroxyl groups is 1. The molecular weight excluding hydrogens is 342 g/mol. The summed E-state index contributed by atoms with van der Waals surface area (Å²) in [5.41, 5.74) is 0.981. The van der Waals surface area contributed by atoms with Crippen LogP contribution in [0.4, 0.5) is 11.4 Å². The maximum atomic E-state index is 12.0. The van der Waals surface area contributed by atoms with Crippen LogP contribution in [0.25, 0.3) is 0 Å². The van der Waals surface area contributed by atoms with E-state index in [1.807, 2.05) is 6.20 Å². The smallest absolute Gasteiger partial charge is 0.283 e. The number of methoxy groups -OCH3 is 1. The van der Waals surface area contributed by atoms with Crippen molar-refractivity contribution in [3.8, 4) is 0 Å². The molecule has 9 heteroatoms. The van der Waals surface area contributed by atoms with Crippen molar-refractivity contribution >= 4 is 27.3 Å². The molecule has 0 aliphatic heterocycles. The summed E-state index contributed by atoms with van der Waals surface area (Å²) in [4.78, 5) is 12.0. The molecule has 2 aromatic heterocycles. The molecule has 0 aliphatic carbocycles. The summed E-state index contributed by atoms with van der Waals surface area (Å²) in [6.07, 6.45) is 4.99. The van der Waals surface area contributed by atoms with Crippen molar-refractivity contribution in [3.63, 3.8) is 0 Å². The average Bonchev–Trinajstić information content (AvgIpc) is 2.92. The highest BCUT2D eigenvalue weighted by molar-refractivity contribution is 9.10. The Kier molecular flexibility index (Phi) is 5.48. The molecule has 114 valence electrons. The van der Waals surface area contributed by atoms with Gasteiger partial charge in [-0.25, -0.2) is 4.68 Å². The van der Waals surface area contributed by atoms with Gasteiger partial charge in [0.2, 0.25) is 0 Å². The minimum atomic E-state index is -0.305. The zero-order valence-corrected chi connectivity index (χ0v) is 13.1. The minimum Gasteiger partial charge on any atom is -0.394 e. The lowest BCUT2D eigenvalue weighted by Crippen LogP contribution is -2.25. The van der Waals surface area contributed by atoms with Crippen LogP contribution in [-0.4, -0.2) is 45.0 Å². The molecule has 0 bridgehead atoms. The maximum absolute atomic E-state index is 12.0. The maximum Gasteiger partial charge on any atom is 0.283 e. The van der Waals surface area contributed by atoms with Crippen LogP contribution in [0, 0.1) is 0 Å². The number of halogens is 1. The van der Waals surface area contributed by atoms with E-state index in [2.05, 4.69) is 31.4 Å². The van der Waals surface area contributed by atoms with Crippen molar-refractivity contribution in [2.45, 2.75) is 13.1 Å². The third kappa shape index (κ3) is 3.90. The molecule has 0 saturated carbocycles. The van der Waals surface area contributed by atoms with E-state index >= 15 is 0 Å². The van der Waals surface area contributed by atoms with Crippen molar-refractivity contribution in [1.82, 2.24) is 19.6 Å². The normalized spacial score (nSPS) is 10.8. The standard InChI is InChI=1S/C12H16BrN5O3/c1-21-5-3-17-8-9(6-14-17)16-10-7-15-18(2-4-19)12(20)11(10)13/h6-8,16,19H,2-5H2,1H3. The van der Waals surface area contributed by atoms with Gasteiger partial charge >= 0.3 is 0 Å². The second kappa shape index (κ2) is 7.34. The molecule has 2 heterocycles. The number of hydrogen-bond acceptors (Lipinski definition) is 6. The highest BCUT2D eigenvalue weighted by Gasteiger charge is 2.09. The number of nitrogens with zero attached hydrogens (tertiary/aromatic N) is 4. The number of anilines is 2. The Morgan fingerprint density at radius 1 is 1.38 bits per heavy atom. The Bertz CT molecular complexity index is 655. The Labute approximate surface area is 129 Å². The second-order valence-corrected chi connectivity index (χ2v) is 5.03. The van der Waals surface area contributed by atoms with E-state index in [9.17, 15) is 4.79 Å². The molecule has 8 nitrogen and oxygen atoms in total. The molecule has 21 heavy (non-hydrogen) atoms. The lowest BCUT2D eigenvalue weighted by Gasteiger charge is -2.08. The monoisotopic (exact) mass is 357 g/mol. The zero-order chi connectivity index (χ0) is 15.2. The van der Waals surface area contributed by atoms with Crippen LogP contribution in [0.1, 0.15) is 0 Å². The van der Waals surface area contributed by atoms with Gasteiger partial charge in [-0.1, -0.05) is 0 Å². The molecule has 0 aromatic carbocycles. The fourth-order valence-corrected chi connectivity index (χ4v) is 2.10. The summed E-state index contributed by atoms with van der Waals surface area (Å²) in [5.74, 6) is 0. The Morgan fingerprint density at radius 2 is 2.19 bits per heavy atom. The van der Waals surface area contributed by atoms with Gasteiger partial charge < -0.3 is 15.2 Å². The van der Waals surface area contributed by atoms with Crippen LogP contribution >= 0.6 is 15.9 Å². The Balaban J connectivity index is 2.14. The second-order valence-electron chi connectivity index (χ2n) is 4.23. The van der Waals surface area contributed by atoms with Crippen LogP contribution in [0.5, 0.6) is 0 Å². The van der Waals surface area contributed by atoms with Gasteiger partial charge in [0.1, 0.15) is 4.47 Å². The molecule has 2 rings (SSSR count). The summed E-state index contributed by atoms with van der Waals surface area (Å²) >= 11 is 3.24. The molecule has 0 atom stereocenters. The molecule has 0 fully saturated rings. The van der Waals surface area contributed by atoms with Crippen LogP contribution < -0.4 is 10.9 Å². The number of aliphatic hydroxyl groups excluding tert-OH is 1. The first-order chi connectivity index (χ1) is 10.2. The zero-order valence-electron chi connectivity index (χ0n) is 11.5. The van der Waals surface area contributed by atoms with Gasteiger partial charge in [0, 0.05) is 13.3 Å². The lowest BCUT2D eigenvalue weighted by molar-refractivity contribution is 0.183. The lowest BCUT2D eigenvalue weighted by atomic mass is 10.4. The number of nitrogens with one attached hydrogen (secondary N) is 1. The van der Waals surface area contributed by atoms with E-state index in [0.29, 0.717) is 23.3 Å². The first kappa shape index (κ1) is 15.7. The van der Waals surface area contributed by atoms with Crippen LogP contribution in [-0.2, 0) is 17.8 Å². The molecular formula is C12H16BrN5O3. The molecule has 0 saturated heterocycles. The number of hydrogen-bond donors (Lipinski definition) is 2. The van der Waals surface area contributed by atoms with Gasteiger partial charge in [0.25, 0.3) is 5.56 Å². The van der Waals surface area contributed by atoms with Crippen molar-refractivity contribution < 1.29 is 9.84 Å². The predicted octanol–water partition coefficient (Wildman–Crippen LogP) is 0.585. The summed E-state index contributed by atoms with van der Waals surface area (Å²) in [6, 6.07) is 0. The topological polar surface area (TPSA) is 94.2 Å². The number of rotatable bonds is 7.